The van der Waals surface area contributed by atoms with Crippen molar-refractivity contribution in [1.29, 1.82) is 0 Å². The predicted octanol–water partition coefficient (Wildman–Crippen LogP) is 4.09. The highest BCUT2D eigenvalue weighted by atomic mass is 35.5. The van der Waals surface area contributed by atoms with Gasteiger partial charge in [-0.1, -0.05) is 11.6 Å². The number of rotatable bonds is 4. The van der Waals surface area contributed by atoms with Gasteiger partial charge in [-0.15, -0.1) is 10.2 Å². The molecular formula is C24H25ClFN5O2. The highest BCUT2D eigenvalue weighted by Crippen LogP contribution is 2.27. The zero-order valence-electron chi connectivity index (χ0n) is 18.2. The monoisotopic (exact) mass is 469 g/mol. The quantitative estimate of drug-likeness (QED) is 0.573. The van der Waals surface area contributed by atoms with Crippen molar-refractivity contribution in [3.63, 3.8) is 0 Å². The minimum Gasteiger partial charge on any atom is -0.463 e. The number of carbonyl (C=O) groups excluding carboxylic acids is 1. The topological polar surface area (TPSA) is 65.7 Å². The van der Waals surface area contributed by atoms with Gasteiger partial charge in [0.25, 0.3) is 0 Å². The maximum Gasteiger partial charge on any atom is 0.225 e. The van der Waals surface area contributed by atoms with Crippen LogP contribution in [0.3, 0.4) is 0 Å². The van der Waals surface area contributed by atoms with E-state index in [0.717, 1.165) is 37.4 Å². The highest BCUT2D eigenvalue weighted by molar-refractivity contribution is 6.31. The molecule has 0 N–H and O–H groups in total. The van der Waals surface area contributed by atoms with Crippen molar-refractivity contribution in [2.45, 2.75) is 12.8 Å². The third-order valence-electron chi connectivity index (χ3n) is 6.45. The number of benzene rings is 1. The van der Waals surface area contributed by atoms with Crippen LogP contribution in [0.15, 0.2) is 53.1 Å². The first-order chi connectivity index (χ1) is 16.1. The van der Waals surface area contributed by atoms with Gasteiger partial charge in [-0.25, -0.2) is 4.39 Å². The Bertz CT molecular complexity index is 1090. The van der Waals surface area contributed by atoms with Crippen molar-refractivity contribution in [3.05, 3.63) is 59.6 Å². The van der Waals surface area contributed by atoms with Crippen molar-refractivity contribution in [1.82, 2.24) is 15.1 Å². The molecule has 2 aromatic heterocycles. The van der Waals surface area contributed by atoms with Gasteiger partial charge in [0, 0.05) is 50.9 Å². The molecule has 1 aromatic carbocycles. The average Bonchev–Trinajstić information content (AvgIpc) is 3.41. The zero-order valence-corrected chi connectivity index (χ0v) is 18.9. The molecule has 2 aliphatic rings. The molecule has 5 rings (SSSR count). The molecule has 0 atom stereocenters. The number of hydrogen-bond donors (Lipinski definition) is 0. The van der Waals surface area contributed by atoms with E-state index in [-0.39, 0.29) is 16.8 Å². The molecule has 2 fully saturated rings. The Balaban J connectivity index is 1.12. The van der Waals surface area contributed by atoms with Crippen LogP contribution in [0.25, 0.3) is 11.5 Å². The summed E-state index contributed by atoms with van der Waals surface area (Å²) in [6.07, 6.45) is 3.22. The Hall–Kier alpha value is -3.13. The predicted molar refractivity (Wildman–Crippen MR) is 125 cm³/mol. The summed E-state index contributed by atoms with van der Waals surface area (Å²) in [5.41, 5.74) is 1.59. The zero-order chi connectivity index (χ0) is 22.8. The first kappa shape index (κ1) is 21.7. The summed E-state index contributed by atoms with van der Waals surface area (Å²) in [7, 11) is 0. The smallest absolute Gasteiger partial charge is 0.225 e. The number of nitrogens with zero attached hydrogens (tertiary/aromatic N) is 5. The number of piperazine rings is 1. The van der Waals surface area contributed by atoms with Crippen LogP contribution in [0.4, 0.5) is 15.9 Å². The fourth-order valence-electron chi connectivity index (χ4n) is 4.53. The van der Waals surface area contributed by atoms with Gasteiger partial charge in [0.1, 0.15) is 11.5 Å². The molecule has 0 unspecified atom stereocenters. The highest BCUT2D eigenvalue weighted by Gasteiger charge is 2.31. The molecule has 2 aliphatic heterocycles. The van der Waals surface area contributed by atoms with Crippen molar-refractivity contribution in [2.24, 2.45) is 5.92 Å². The van der Waals surface area contributed by atoms with Crippen LogP contribution in [-0.2, 0) is 4.79 Å². The number of anilines is 2. The number of amides is 1. The van der Waals surface area contributed by atoms with Gasteiger partial charge in [-0.3, -0.25) is 4.79 Å². The number of halogens is 2. The molecule has 7 nitrogen and oxygen atoms in total. The maximum absolute atomic E-state index is 13.4. The van der Waals surface area contributed by atoms with Crippen molar-refractivity contribution in [2.75, 3.05) is 49.1 Å². The molecule has 0 saturated carbocycles. The Labute approximate surface area is 196 Å². The molecule has 0 spiro atoms. The summed E-state index contributed by atoms with van der Waals surface area (Å²) in [6, 6.07) is 12.3. The van der Waals surface area contributed by atoms with Gasteiger partial charge in [0.15, 0.2) is 11.6 Å². The minimum absolute atomic E-state index is 0.0309. The van der Waals surface area contributed by atoms with E-state index in [1.54, 1.807) is 18.4 Å². The van der Waals surface area contributed by atoms with E-state index in [0.29, 0.717) is 37.6 Å². The maximum atomic E-state index is 13.4. The fourth-order valence-corrected chi connectivity index (χ4v) is 4.70. The Morgan fingerprint density at radius 1 is 0.970 bits per heavy atom. The lowest BCUT2D eigenvalue weighted by Gasteiger charge is -2.39. The molecule has 33 heavy (non-hydrogen) atoms. The van der Waals surface area contributed by atoms with Gasteiger partial charge < -0.3 is 19.1 Å². The van der Waals surface area contributed by atoms with E-state index in [1.165, 1.54) is 6.07 Å². The van der Waals surface area contributed by atoms with Gasteiger partial charge in [0.2, 0.25) is 5.91 Å². The van der Waals surface area contributed by atoms with Crippen LogP contribution in [0.5, 0.6) is 0 Å². The summed E-state index contributed by atoms with van der Waals surface area (Å²) in [6.45, 7) is 4.30. The van der Waals surface area contributed by atoms with Crippen LogP contribution in [0.2, 0.25) is 5.02 Å². The van der Waals surface area contributed by atoms with E-state index in [4.69, 9.17) is 16.0 Å². The Kier molecular flexibility index (Phi) is 6.17. The lowest BCUT2D eigenvalue weighted by molar-refractivity contribution is -0.136. The van der Waals surface area contributed by atoms with Crippen molar-refractivity contribution < 1.29 is 13.6 Å². The number of aromatic nitrogens is 2. The second-order valence-electron chi connectivity index (χ2n) is 8.43. The number of carbonyl (C=O) groups is 1. The summed E-state index contributed by atoms with van der Waals surface area (Å²) in [5, 5.41) is 8.74. The SMILES string of the molecule is O=C(C1CCN(c2ccc(-c3ccco3)nn2)CC1)N1CCN(c2ccc(F)c(Cl)c2)CC1. The lowest BCUT2D eigenvalue weighted by atomic mass is 9.95. The molecular weight excluding hydrogens is 445 g/mol. The third-order valence-corrected chi connectivity index (χ3v) is 6.74. The number of furan rings is 1. The molecule has 9 heteroatoms. The van der Waals surface area contributed by atoms with Gasteiger partial charge in [-0.05, 0) is 55.3 Å². The van der Waals surface area contributed by atoms with E-state index < -0.39 is 5.82 Å². The van der Waals surface area contributed by atoms with Crippen LogP contribution >= 0.6 is 11.6 Å². The summed E-state index contributed by atoms with van der Waals surface area (Å²) in [4.78, 5) is 19.4. The molecule has 4 heterocycles. The first-order valence-corrected chi connectivity index (χ1v) is 11.6. The molecule has 0 radical (unpaired) electrons. The van der Waals surface area contributed by atoms with E-state index in [1.807, 2.05) is 29.2 Å². The fraction of sp³-hybridized carbons (Fsp3) is 0.375. The lowest BCUT2D eigenvalue weighted by Crippen LogP contribution is -2.51. The number of piperidine rings is 1. The molecule has 1 amide bonds. The largest absolute Gasteiger partial charge is 0.463 e. The standard InChI is InChI=1S/C24H25ClFN5O2/c25-19-16-18(3-4-20(19)26)29-11-13-31(14-12-29)24(32)17-7-9-30(10-8-17)23-6-5-21(27-28-23)22-2-1-15-33-22/h1-6,15-17H,7-14H2. The van der Waals surface area contributed by atoms with Gasteiger partial charge >= 0.3 is 0 Å². The first-order valence-electron chi connectivity index (χ1n) is 11.2. The van der Waals surface area contributed by atoms with Gasteiger partial charge in [0.05, 0.1) is 11.3 Å². The summed E-state index contributed by atoms with van der Waals surface area (Å²) >= 11 is 5.92. The molecule has 0 bridgehead atoms. The molecule has 2 saturated heterocycles. The Morgan fingerprint density at radius 3 is 2.39 bits per heavy atom. The van der Waals surface area contributed by atoms with E-state index in [2.05, 4.69) is 20.0 Å². The van der Waals surface area contributed by atoms with Gasteiger partial charge in [-0.2, -0.15) is 0 Å². The van der Waals surface area contributed by atoms with Crippen molar-refractivity contribution in [3.8, 4) is 11.5 Å². The van der Waals surface area contributed by atoms with Crippen LogP contribution < -0.4 is 9.80 Å². The second-order valence-corrected chi connectivity index (χ2v) is 8.83. The molecule has 3 aromatic rings. The normalized spacial score (nSPS) is 17.5. The number of hydrogen-bond acceptors (Lipinski definition) is 6. The van der Waals surface area contributed by atoms with E-state index in [9.17, 15) is 9.18 Å². The third kappa shape index (κ3) is 4.66. The van der Waals surface area contributed by atoms with Crippen LogP contribution in [0.1, 0.15) is 12.8 Å². The second kappa shape index (κ2) is 9.39. The van der Waals surface area contributed by atoms with Crippen LogP contribution in [-0.4, -0.2) is 60.3 Å². The van der Waals surface area contributed by atoms with E-state index >= 15 is 0 Å². The average molecular weight is 470 g/mol. The van der Waals surface area contributed by atoms with Crippen LogP contribution in [0, 0.1) is 11.7 Å². The summed E-state index contributed by atoms with van der Waals surface area (Å²) in [5.74, 6) is 1.36. The summed E-state index contributed by atoms with van der Waals surface area (Å²) < 4.78 is 18.8. The molecule has 172 valence electrons. The molecule has 0 aliphatic carbocycles. The van der Waals surface area contributed by atoms with Crippen molar-refractivity contribution >= 4 is 29.0 Å². The Morgan fingerprint density at radius 2 is 1.76 bits per heavy atom. The minimum atomic E-state index is -0.417.